The zero-order valence-corrected chi connectivity index (χ0v) is 10.2. The van der Waals surface area contributed by atoms with Gasteiger partial charge in [-0.15, -0.1) is 0 Å². The number of benzene rings is 1. The number of pyridine rings is 1. The number of hydrogen-bond acceptors (Lipinski definition) is 3. The van der Waals surface area contributed by atoms with Crippen LogP contribution in [0, 0.1) is 18.3 Å². The van der Waals surface area contributed by atoms with E-state index in [2.05, 4.69) is 4.98 Å². The van der Waals surface area contributed by atoms with Gasteiger partial charge < -0.3 is 9.72 Å². The minimum absolute atomic E-state index is 0.160. The molecule has 1 aromatic heterocycles. The lowest BCUT2D eigenvalue weighted by Crippen LogP contribution is -2.12. The van der Waals surface area contributed by atoms with Crippen molar-refractivity contribution in [2.75, 3.05) is 7.11 Å². The molecule has 0 aliphatic rings. The summed E-state index contributed by atoms with van der Waals surface area (Å²) in [5.74, 6) is 0.756. The zero-order valence-electron chi connectivity index (χ0n) is 10.2. The molecule has 4 nitrogen and oxygen atoms in total. The van der Waals surface area contributed by atoms with Crippen molar-refractivity contribution in [1.82, 2.24) is 4.98 Å². The summed E-state index contributed by atoms with van der Waals surface area (Å²) in [6, 6.07) is 11.0. The molecule has 2 rings (SSSR count). The van der Waals surface area contributed by atoms with E-state index in [0.717, 1.165) is 11.3 Å². The van der Waals surface area contributed by atoms with Gasteiger partial charge in [-0.1, -0.05) is 0 Å². The zero-order chi connectivity index (χ0) is 13.1. The van der Waals surface area contributed by atoms with Gasteiger partial charge >= 0.3 is 0 Å². The number of nitrogens with one attached hydrogen (secondary N) is 1. The van der Waals surface area contributed by atoms with Crippen molar-refractivity contribution in [3.63, 3.8) is 0 Å². The third-order valence-corrected chi connectivity index (χ3v) is 2.74. The Morgan fingerprint density at radius 1 is 1.28 bits per heavy atom. The number of nitrogens with zero attached hydrogens (tertiary/aromatic N) is 1. The summed E-state index contributed by atoms with van der Waals surface area (Å²) in [4.78, 5) is 14.4. The van der Waals surface area contributed by atoms with Crippen LogP contribution in [-0.2, 0) is 0 Å². The average Bonchev–Trinajstić information content (AvgIpc) is 2.38. The van der Waals surface area contributed by atoms with Crippen LogP contribution in [0.3, 0.4) is 0 Å². The predicted octanol–water partition coefficient (Wildman–Crippen LogP) is 2.23. The first-order chi connectivity index (χ1) is 8.65. The first-order valence-electron chi connectivity index (χ1n) is 5.44. The van der Waals surface area contributed by atoms with Crippen molar-refractivity contribution < 1.29 is 4.74 Å². The van der Waals surface area contributed by atoms with E-state index < -0.39 is 0 Å². The van der Waals surface area contributed by atoms with Crippen LogP contribution in [0.1, 0.15) is 11.1 Å². The second-order valence-corrected chi connectivity index (χ2v) is 3.91. The molecular weight excluding hydrogens is 228 g/mol. The molecular formula is C14H12N2O2. The van der Waals surface area contributed by atoms with Crippen molar-refractivity contribution >= 4 is 0 Å². The van der Waals surface area contributed by atoms with Gasteiger partial charge in [0.2, 0.25) is 0 Å². The largest absolute Gasteiger partial charge is 0.497 e. The lowest BCUT2D eigenvalue weighted by molar-refractivity contribution is 0.415. The van der Waals surface area contributed by atoms with E-state index in [4.69, 9.17) is 10.00 Å². The van der Waals surface area contributed by atoms with Gasteiger partial charge in [-0.25, -0.2) is 0 Å². The second-order valence-electron chi connectivity index (χ2n) is 3.91. The summed E-state index contributed by atoms with van der Waals surface area (Å²) < 4.78 is 5.07. The Kier molecular flexibility index (Phi) is 3.16. The van der Waals surface area contributed by atoms with E-state index in [0.29, 0.717) is 11.3 Å². The van der Waals surface area contributed by atoms with Crippen LogP contribution in [0.2, 0.25) is 0 Å². The standard InChI is InChI=1S/C14H12N2O2/c1-9-7-13(16-14(17)12(9)8-15)10-3-5-11(18-2)6-4-10/h3-7H,1-2H3,(H,16,17). The highest BCUT2D eigenvalue weighted by molar-refractivity contribution is 5.61. The number of aromatic nitrogens is 1. The Morgan fingerprint density at radius 2 is 1.94 bits per heavy atom. The molecule has 90 valence electrons. The molecule has 0 amide bonds. The van der Waals surface area contributed by atoms with Gasteiger partial charge in [-0.05, 0) is 48.4 Å². The maximum Gasteiger partial charge on any atom is 0.266 e. The van der Waals surface area contributed by atoms with Crippen LogP contribution in [-0.4, -0.2) is 12.1 Å². The maximum atomic E-state index is 11.7. The minimum Gasteiger partial charge on any atom is -0.497 e. The molecule has 0 aliphatic carbocycles. The molecule has 1 N–H and O–H groups in total. The minimum atomic E-state index is -0.358. The van der Waals surface area contributed by atoms with E-state index in [-0.39, 0.29) is 11.1 Å². The van der Waals surface area contributed by atoms with E-state index in [9.17, 15) is 4.79 Å². The van der Waals surface area contributed by atoms with Crippen LogP contribution >= 0.6 is 0 Å². The first-order valence-corrected chi connectivity index (χ1v) is 5.44. The van der Waals surface area contributed by atoms with Crippen molar-refractivity contribution in [3.8, 4) is 23.1 Å². The summed E-state index contributed by atoms with van der Waals surface area (Å²) in [5.41, 5.74) is 2.04. The summed E-state index contributed by atoms with van der Waals surface area (Å²) in [6.45, 7) is 1.75. The highest BCUT2D eigenvalue weighted by Gasteiger charge is 2.07. The molecule has 0 unspecified atom stereocenters. The van der Waals surface area contributed by atoms with Crippen LogP contribution in [0.15, 0.2) is 35.1 Å². The molecule has 2 aromatic rings. The van der Waals surface area contributed by atoms with E-state index >= 15 is 0 Å². The van der Waals surface area contributed by atoms with Gasteiger partial charge in [0.15, 0.2) is 0 Å². The van der Waals surface area contributed by atoms with Crippen molar-refractivity contribution in [2.24, 2.45) is 0 Å². The predicted molar refractivity (Wildman–Crippen MR) is 68.5 cm³/mol. The summed E-state index contributed by atoms with van der Waals surface area (Å²) in [7, 11) is 1.60. The number of nitriles is 1. The maximum absolute atomic E-state index is 11.7. The average molecular weight is 240 g/mol. The third kappa shape index (κ3) is 2.11. The third-order valence-electron chi connectivity index (χ3n) is 2.74. The second kappa shape index (κ2) is 4.76. The monoisotopic (exact) mass is 240 g/mol. The van der Waals surface area contributed by atoms with Crippen LogP contribution in [0.5, 0.6) is 5.75 Å². The van der Waals surface area contributed by atoms with Crippen molar-refractivity contribution in [1.29, 1.82) is 5.26 Å². The Bertz CT molecular complexity index is 664. The fourth-order valence-electron chi connectivity index (χ4n) is 1.75. The molecule has 0 fully saturated rings. The highest BCUT2D eigenvalue weighted by Crippen LogP contribution is 2.20. The van der Waals surface area contributed by atoms with Gasteiger partial charge in [0.05, 0.1) is 7.11 Å². The van der Waals surface area contributed by atoms with Gasteiger partial charge in [0.1, 0.15) is 17.4 Å². The number of H-pyrrole nitrogens is 1. The van der Waals surface area contributed by atoms with E-state index in [1.807, 2.05) is 30.3 Å². The molecule has 1 aromatic carbocycles. The quantitative estimate of drug-likeness (QED) is 0.875. The Hall–Kier alpha value is -2.54. The smallest absolute Gasteiger partial charge is 0.266 e. The van der Waals surface area contributed by atoms with Crippen LogP contribution in [0.25, 0.3) is 11.3 Å². The molecule has 0 saturated heterocycles. The van der Waals surface area contributed by atoms with Gasteiger partial charge in [-0.3, -0.25) is 4.79 Å². The summed E-state index contributed by atoms with van der Waals surface area (Å²) in [6.07, 6.45) is 0. The molecule has 1 heterocycles. The molecule has 0 atom stereocenters. The van der Waals surface area contributed by atoms with Gasteiger partial charge in [0.25, 0.3) is 5.56 Å². The van der Waals surface area contributed by atoms with Crippen LogP contribution < -0.4 is 10.3 Å². The Labute approximate surface area is 104 Å². The SMILES string of the molecule is COc1ccc(-c2cc(C)c(C#N)c(=O)[nH]2)cc1. The molecule has 18 heavy (non-hydrogen) atoms. The molecule has 0 spiro atoms. The molecule has 0 aliphatic heterocycles. The Balaban J connectivity index is 2.52. The molecule has 0 saturated carbocycles. The van der Waals surface area contributed by atoms with Gasteiger partial charge in [0, 0.05) is 5.69 Å². The summed E-state index contributed by atoms with van der Waals surface area (Å²) in [5, 5.41) is 8.84. The Morgan fingerprint density at radius 3 is 2.44 bits per heavy atom. The number of methoxy groups -OCH3 is 1. The fourth-order valence-corrected chi connectivity index (χ4v) is 1.75. The normalized spacial score (nSPS) is 9.83. The van der Waals surface area contributed by atoms with E-state index in [1.54, 1.807) is 20.1 Å². The molecule has 4 heteroatoms. The lowest BCUT2D eigenvalue weighted by Gasteiger charge is -2.05. The number of aryl methyl sites for hydroxylation is 1. The van der Waals surface area contributed by atoms with Crippen molar-refractivity contribution in [3.05, 3.63) is 51.8 Å². The van der Waals surface area contributed by atoms with E-state index in [1.165, 1.54) is 0 Å². The highest BCUT2D eigenvalue weighted by atomic mass is 16.5. The molecule has 0 radical (unpaired) electrons. The summed E-state index contributed by atoms with van der Waals surface area (Å²) >= 11 is 0. The lowest BCUT2D eigenvalue weighted by atomic mass is 10.1. The van der Waals surface area contributed by atoms with Crippen molar-refractivity contribution in [2.45, 2.75) is 6.92 Å². The van der Waals surface area contributed by atoms with Gasteiger partial charge in [-0.2, -0.15) is 5.26 Å². The van der Waals surface area contributed by atoms with Crippen LogP contribution in [0.4, 0.5) is 0 Å². The number of aromatic amines is 1. The topological polar surface area (TPSA) is 65.9 Å². The first kappa shape index (κ1) is 11.9. The number of ether oxygens (including phenoxy) is 1. The molecule has 0 bridgehead atoms. The number of hydrogen-bond donors (Lipinski definition) is 1. The number of rotatable bonds is 2. The fraction of sp³-hybridized carbons (Fsp3) is 0.143.